The highest BCUT2D eigenvalue weighted by atomic mass is 32.2. The molecule has 0 saturated carbocycles. The van der Waals surface area contributed by atoms with Gasteiger partial charge in [0, 0.05) is 23.7 Å². The monoisotopic (exact) mass is 447 g/mol. The van der Waals surface area contributed by atoms with Gasteiger partial charge in [0.2, 0.25) is 10.0 Å². The molecule has 1 aromatic heterocycles. The first-order valence-electron chi connectivity index (χ1n) is 9.37. The molecule has 0 atom stereocenters. The van der Waals surface area contributed by atoms with Crippen molar-refractivity contribution in [3.63, 3.8) is 0 Å². The van der Waals surface area contributed by atoms with Crippen molar-refractivity contribution in [2.24, 2.45) is 0 Å². The van der Waals surface area contributed by atoms with Crippen molar-refractivity contribution in [1.29, 1.82) is 0 Å². The lowest BCUT2D eigenvalue weighted by Gasteiger charge is -2.17. The van der Waals surface area contributed by atoms with Crippen molar-refractivity contribution in [3.05, 3.63) is 41.5 Å². The molecule has 1 amide bonds. The Labute approximate surface area is 178 Å². The number of fused-ring (bicyclic) bond motifs is 2. The number of carbonyl (C=O) groups is 1. The van der Waals surface area contributed by atoms with Gasteiger partial charge in [-0.2, -0.15) is 0 Å². The van der Waals surface area contributed by atoms with Crippen molar-refractivity contribution in [3.8, 4) is 11.5 Å². The van der Waals surface area contributed by atoms with E-state index in [2.05, 4.69) is 15.0 Å². The first kappa shape index (κ1) is 20.6. The Morgan fingerprint density at radius 2 is 1.83 bits per heavy atom. The molecule has 0 unspecified atom stereocenters. The van der Waals surface area contributed by atoms with Crippen LogP contribution in [0.3, 0.4) is 0 Å². The summed E-state index contributed by atoms with van der Waals surface area (Å²) in [5.74, 6) is 0.857. The summed E-state index contributed by atoms with van der Waals surface area (Å²) in [6.07, 6.45) is 0. The number of aryl methyl sites for hydroxylation is 1. The minimum atomic E-state index is -3.71. The van der Waals surface area contributed by atoms with Gasteiger partial charge in [0.15, 0.2) is 16.6 Å². The lowest BCUT2D eigenvalue weighted by molar-refractivity contribution is 0.102. The molecule has 0 bridgehead atoms. The summed E-state index contributed by atoms with van der Waals surface area (Å²) in [7, 11) is -3.71. The standard InChI is InChI=1S/C20H21N3O5S2/c1-11(2)23-30(25,26)13-5-4-12(3)14(8-13)19(24)22-20-21-15-9-16-17(10-18(15)29-20)28-7-6-27-16/h4-5,8-11,23H,6-7H2,1-3H3,(H,21,22,24). The smallest absolute Gasteiger partial charge is 0.257 e. The van der Waals surface area contributed by atoms with Crippen LogP contribution in [-0.4, -0.2) is 38.6 Å². The van der Waals surface area contributed by atoms with Crippen LogP contribution in [0.2, 0.25) is 0 Å². The number of ether oxygens (including phenoxy) is 2. The number of nitrogens with zero attached hydrogens (tertiary/aromatic N) is 1. The van der Waals surface area contributed by atoms with Gasteiger partial charge >= 0.3 is 0 Å². The largest absolute Gasteiger partial charge is 0.486 e. The third-order valence-corrected chi connectivity index (χ3v) is 7.02. The molecule has 8 nitrogen and oxygen atoms in total. The number of amides is 1. The molecule has 2 aromatic carbocycles. The average molecular weight is 448 g/mol. The molecule has 0 fully saturated rings. The molecule has 3 aromatic rings. The Bertz CT molecular complexity index is 1190. The van der Waals surface area contributed by atoms with Crippen LogP contribution < -0.4 is 19.5 Å². The fourth-order valence-corrected chi connectivity index (χ4v) is 5.22. The van der Waals surface area contributed by atoms with E-state index in [1.165, 1.54) is 23.5 Å². The highest BCUT2D eigenvalue weighted by Crippen LogP contribution is 2.38. The van der Waals surface area contributed by atoms with Gasteiger partial charge in [0.05, 0.1) is 15.1 Å². The zero-order valence-corrected chi connectivity index (χ0v) is 18.3. The fourth-order valence-electron chi connectivity index (χ4n) is 3.07. The topological polar surface area (TPSA) is 107 Å². The summed E-state index contributed by atoms with van der Waals surface area (Å²) in [6, 6.07) is 7.85. The molecule has 0 radical (unpaired) electrons. The second kappa shape index (κ2) is 7.86. The van der Waals surface area contributed by atoms with E-state index in [0.29, 0.717) is 40.9 Å². The molecule has 1 aliphatic rings. The molecule has 0 aliphatic carbocycles. The van der Waals surface area contributed by atoms with Gasteiger partial charge in [-0.25, -0.2) is 18.1 Å². The Morgan fingerprint density at radius 1 is 1.13 bits per heavy atom. The fraction of sp³-hybridized carbons (Fsp3) is 0.300. The van der Waals surface area contributed by atoms with E-state index in [9.17, 15) is 13.2 Å². The van der Waals surface area contributed by atoms with E-state index in [4.69, 9.17) is 9.47 Å². The van der Waals surface area contributed by atoms with Crippen LogP contribution in [0.15, 0.2) is 35.2 Å². The minimum Gasteiger partial charge on any atom is -0.486 e. The molecule has 30 heavy (non-hydrogen) atoms. The second-order valence-corrected chi connectivity index (χ2v) is 9.93. The summed E-state index contributed by atoms with van der Waals surface area (Å²) in [5, 5.41) is 3.18. The van der Waals surface area contributed by atoms with E-state index in [-0.39, 0.29) is 16.5 Å². The summed E-state index contributed by atoms with van der Waals surface area (Å²) in [4.78, 5) is 17.3. The summed E-state index contributed by atoms with van der Waals surface area (Å²) >= 11 is 1.31. The molecule has 0 saturated heterocycles. The van der Waals surface area contributed by atoms with Crippen LogP contribution in [0, 0.1) is 6.92 Å². The summed E-state index contributed by atoms with van der Waals surface area (Å²) < 4.78 is 39.4. The number of thiazole rings is 1. The van der Waals surface area contributed by atoms with Gasteiger partial charge in [-0.15, -0.1) is 0 Å². The minimum absolute atomic E-state index is 0.0400. The van der Waals surface area contributed by atoms with Crippen LogP contribution in [0.1, 0.15) is 29.8 Å². The molecule has 10 heteroatoms. The number of hydrogen-bond donors (Lipinski definition) is 2. The number of nitrogens with one attached hydrogen (secondary N) is 2. The molecule has 1 aliphatic heterocycles. The van der Waals surface area contributed by atoms with E-state index < -0.39 is 15.9 Å². The predicted molar refractivity (Wildman–Crippen MR) is 115 cm³/mol. The average Bonchev–Trinajstić information content (AvgIpc) is 3.06. The van der Waals surface area contributed by atoms with Crippen molar-refractivity contribution < 1.29 is 22.7 Å². The van der Waals surface area contributed by atoms with Crippen LogP contribution in [0.4, 0.5) is 5.13 Å². The number of aromatic nitrogens is 1. The number of sulfonamides is 1. The highest BCUT2D eigenvalue weighted by molar-refractivity contribution is 7.89. The van der Waals surface area contributed by atoms with Gasteiger partial charge in [0.25, 0.3) is 5.91 Å². The van der Waals surface area contributed by atoms with Gasteiger partial charge in [-0.1, -0.05) is 17.4 Å². The Hall–Kier alpha value is -2.69. The lowest BCUT2D eigenvalue weighted by Crippen LogP contribution is -2.30. The Morgan fingerprint density at radius 3 is 2.53 bits per heavy atom. The molecule has 158 valence electrons. The van der Waals surface area contributed by atoms with Gasteiger partial charge in [0.1, 0.15) is 13.2 Å². The highest BCUT2D eigenvalue weighted by Gasteiger charge is 2.20. The van der Waals surface area contributed by atoms with Crippen molar-refractivity contribution in [1.82, 2.24) is 9.71 Å². The first-order valence-corrected chi connectivity index (χ1v) is 11.7. The zero-order valence-electron chi connectivity index (χ0n) is 16.7. The number of rotatable bonds is 5. The Balaban J connectivity index is 1.61. The molecular formula is C20H21N3O5S2. The summed E-state index contributed by atoms with van der Waals surface area (Å²) in [5.41, 5.74) is 1.62. The van der Waals surface area contributed by atoms with Crippen LogP contribution in [0.5, 0.6) is 11.5 Å². The molecular weight excluding hydrogens is 426 g/mol. The first-order chi connectivity index (χ1) is 14.2. The quantitative estimate of drug-likeness (QED) is 0.621. The van der Waals surface area contributed by atoms with Crippen molar-refractivity contribution >= 4 is 42.6 Å². The molecule has 4 rings (SSSR count). The van der Waals surface area contributed by atoms with E-state index >= 15 is 0 Å². The molecule has 2 heterocycles. The third-order valence-electron chi connectivity index (χ3n) is 4.43. The van der Waals surface area contributed by atoms with Crippen LogP contribution in [-0.2, 0) is 10.0 Å². The molecule has 0 spiro atoms. The SMILES string of the molecule is Cc1ccc(S(=O)(=O)NC(C)C)cc1C(=O)Nc1nc2cc3c(cc2s1)OCCO3. The summed E-state index contributed by atoms with van der Waals surface area (Å²) in [6.45, 7) is 6.20. The van der Waals surface area contributed by atoms with E-state index in [1.54, 1.807) is 32.9 Å². The van der Waals surface area contributed by atoms with Crippen LogP contribution in [0.25, 0.3) is 10.2 Å². The lowest BCUT2D eigenvalue weighted by atomic mass is 10.1. The second-order valence-electron chi connectivity index (χ2n) is 7.19. The Kier molecular flexibility index (Phi) is 5.39. The maximum absolute atomic E-state index is 12.9. The number of carbonyl (C=O) groups excluding carboxylic acids is 1. The molecule has 2 N–H and O–H groups in total. The number of benzene rings is 2. The normalized spacial score (nSPS) is 13.6. The van der Waals surface area contributed by atoms with Crippen LogP contribution >= 0.6 is 11.3 Å². The van der Waals surface area contributed by atoms with Gasteiger partial charge in [-0.3, -0.25) is 10.1 Å². The maximum atomic E-state index is 12.9. The van der Waals surface area contributed by atoms with Crippen molar-refractivity contribution in [2.45, 2.75) is 31.7 Å². The number of anilines is 1. The number of hydrogen-bond acceptors (Lipinski definition) is 7. The zero-order chi connectivity index (χ0) is 21.5. The van der Waals surface area contributed by atoms with Gasteiger partial charge < -0.3 is 9.47 Å². The van der Waals surface area contributed by atoms with E-state index in [1.807, 2.05) is 6.07 Å². The third kappa shape index (κ3) is 4.11. The maximum Gasteiger partial charge on any atom is 0.257 e. The van der Waals surface area contributed by atoms with Crippen molar-refractivity contribution in [2.75, 3.05) is 18.5 Å². The predicted octanol–water partition coefficient (Wildman–Crippen LogP) is 3.31. The van der Waals surface area contributed by atoms with Gasteiger partial charge in [-0.05, 0) is 38.5 Å². The van der Waals surface area contributed by atoms with E-state index in [0.717, 1.165) is 4.70 Å².